The van der Waals surface area contributed by atoms with Crippen molar-refractivity contribution < 1.29 is 23.9 Å². The summed E-state index contributed by atoms with van der Waals surface area (Å²) in [5.74, 6) is -1.75. The summed E-state index contributed by atoms with van der Waals surface area (Å²) in [6.07, 6.45) is 1.74. The molecule has 7 nitrogen and oxygen atoms in total. The van der Waals surface area contributed by atoms with Gasteiger partial charge in [0.15, 0.2) is 5.69 Å². The number of esters is 2. The lowest BCUT2D eigenvalue weighted by molar-refractivity contribution is -0.135. The molecule has 0 radical (unpaired) electrons. The van der Waals surface area contributed by atoms with Gasteiger partial charge in [0.1, 0.15) is 10.2 Å². The van der Waals surface area contributed by atoms with E-state index in [4.69, 9.17) is 15.2 Å². The number of aromatic nitrogens is 1. The molecule has 2 aromatic carbocycles. The van der Waals surface area contributed by atoms with Crippen molar-refractivity contribution in [3.05, 3.63) is 88.1 Å². The molecule has 0 unspecified atom stereocenters. The second-order valence-corrected chi connectivity index (χ2v) is 8.32. The van der Waals surface area contributed by atoms with Crippen LogP contribution >= 0.6 is 11.8 Å². The summed E-state index contributed by atoms with van der Waals surface area (Å²) in [5, 5.41) is -0.146. The van der Waals surface area contributed by atoms with Crippen LogP contribution in [0.25, 0.3) is 11.0 Å². The monoisotopic (exact) mass is 462 g/mol. The molecule has 0 amide bonds. The van der Waals surface area contributed by atoms with E-state index in [1.165, 1.54) is 11.7 Å². The highest BCUT2D eigenvalue weighted by molar-refractivity contribution is 8.10. The van der Waals surface area contributed by atoms with E-state index in [0.717, 1.165) is 17.3 Å². The van der Waals surface area contributed by atoms with Crippen molar-refractivity contribution in [3.63, 3.8) is 0 Å². The van der Waals surface area contributed by atoms with Gasteiger partial charge >= 0.3 is 11.9 Å². The molecule has 2 heterocycles. The van der Waals surface area contributed by atoms with Gasteiger partial charge in [-0.2, -0.15) is 0 Å². The number of carbonyl (C=O) groups is 3. The summed E-state index contributed by atoms with van der Waals surface area (Å²) in [7, 11) is 1.22. The van der Waals surface area contributed by atoms with Crippen LogP contribution in [0.5, 0.6) is 0 Å². The van der Waals surface area contributed by atoms with Crippen LogP contribution in [-0.2, 0) is 14.3 Å². The van der Waals surface area contributed by atoms with E-state index >= 15 is 0 Å². The molecule has 1 atom stereocenters. The number of ether oxygens (including phenoxy) is 2. The molecule has 168 valence electrons. The van der Waals surface area contributed by atoms with Gasteiger partial charge in [0, 0.05) is 5.22 Å². The minimum atomic E-state index is -0.767. The third-order valence-corrected chi connectivity index (χ3v) is 6.50. The number of nitrogens with two attached hydrogens (primary N) is 1. The van der Waals surface area contributed by atoms with Crippen LogP contribution in [0.15, 0.2) is 60.7 Å². The van der Waals surface area contributed by atoms with Crippen LogP contribution in [0.3, 0.4) is 0 Å². The summed E-state index contributed by atoms with van der Waals surface area (Å²) >= 11 is 1.09. The van der Waals surface area contributed by atoms with Crippen LogP contribution < -0.4 is 16.3 Å². The van der Waals surface area contributed by atoms with Gasteiger partial charge in [-0.05, 0) is 24.1 Å². The van der Waals surface area contributed by atoms with Crippen molar-refractivity contribution in [1.29, 1.82) is 0 Å². The van der Waals surface area contributed by atoms with E-state index in [1.807, 2.05) is 48.5 Å². The first-order chi connectivity index (χ1) is 16.0. The standard InChI is InChI=1S/C25H22N2O5S/c1-3-32-25(30)22-19-17(14-15-10-6-4-7-11-15)18(26)20(24(29)31-2)27(19)23(28)21(33-22)16-12-8-5-9-13-16/h4-14,21H,3,26H2,1-2H3/b17-14+/t21-/m1/s1. The summed E-state index contributed by atoms with van der Waals surface area (Å²) in [6, 6.07) is 18.3. The smallest absolute Gasteiger partial charge is 0.357 e. The van der Waals surface area contributed by atoms with E-state index in [0.29, 0.717) is 10.8 Å². The molecule has 0 bridgehead atoms. The number of carbonyl (C=O) groups excluding carboxylic acids is 3. The van der Waals surface area contributed by atoms with E-state index in [1.54, 1.807) is 25.1 Å². The Kier molecular flexibility index (Phi) is 6.37. The molecule has 0 saturated carbocycles. The van der Waals surface area contributed by atoms with E-state index in [9.17, 15) is 14.4 Å². The minimum Gasteiger partial charge on any atom is -0.464 e. The zero-order chi connectivity index (χ0) is 23.5. The number of hydrogen-bond acceptors (Lipinski definition) is 7. The SMILES string of the molecule is CCOC(=O)C1=c2/c(=C/c3ccccc3)c(N)c(C(=O)OC)n2C(=O)[C@@H](c2ccccc2)S1. The summed E-state index contributed by atoms with van der Waals surface area (Å²) in [6.45, 7) is 1.86. The van der Waals surface area contributed by atoms with Gasteiger partial charge in [0.2, 0.25) is 5.91 Å². The topological polar surface area (TPSA) is 101 Å². The number of benzene rings is 2. The number of methoxy groups -OCH3 is 1. The number of nitrogen functional groups attached to an aromatic ring is 1. The molecular weight excluding hydrogens is 440 g/mol. The summed E-state index contributed by atoms with van der Waals surface area (Å²) in [4.78, 5) is 39.7. The quantitative estimate of drug-likeness (QED) is 0.582. The number of anilines is 1. The second-order valence-electron chi connectivity index (χ2n) is 7.20. The Labute approximate surface area is 194 Å². The molecule has 0 saturated heterocycles. The van der Waals surface area contributed by atoms with Crippen LogP contribution in [0.4, 0.5) is 5.69 Å². The first kappa shape index (κ1) is 22.4. The Morgan fingerprint density at radius 3 is 2.30 bits per heavy atom. The molecule has 8 heteroatoms. The van der Waals surface area contributed by atoms with Gasteiger partial charge < -0.3 is 15.2 Å². The number of thioether (sulfide) groups is 1. The van der Waals surface area contributed by atoms with Gasteiger partial charge in [-0.15, -0.1) is 0 Å². The number of fused-ring (bicyclic) bond motifs is 1. The first-order valence-corrected chi connectivity index (χ1v) is 11.2. The lowest BCUT2D eigenvalue weighted by Gasteiger charge is -2.23. The van der Waals surface area contributed by atoms with Gasteiger partial charge in [0.05, 0.1) is 24.8 Å². The van der Waals surface area contributed by atoms with E-state index in [2.05, 4.69) is 0 Å². The van der Waals surface area contributed by atoms with Crippen LogP contribution in [0.1, 0.15) is 38.6 Å². The van der Waals surface area contributed by atoms with E-state index < -0.39 is 23.1 Å². The number of rotatable bonds is 5. The van der Waals surface area contributed by atoms with Gasteiger partial charge in [-0.3, -0.25) is 9.36 Å². The van der Waals surface area contributed by atoms with Gasteiger partial charge in [-0.25, -0.2) is 9.59 Å². The average molecular weight is 463 g/mol. The molecule has 33 heavy (non-hydrogen) atoms. The normalized spacial score (nSPS) is 15.8. The molecule has 1 aliphatic heterocycles. The fourth-order valence-electron chi connectivity index (χ4n) is 3.73. The number of hydrogen-bond donors (Lipinski definition) is 1. The summed E-state index contributed by atoms with van der Waals surface area (Å²) < 4.78 is 11.5. The molecule has 1 aromatic heterocycles. The predicted octanol–water partition coefficient (Wildman–Crippen LogP) is 2.49. The van der Waals surface area contributed by atoms with E-state index in [-0.39, 0.29) is 28.2 Å². The van der Waals surface area contributed by atoms with Crippen LogP contribution in [0.2, 0.25) is 0 Å². The Morgan fingerprint density at radius 2 is 1.70 bits per heavy atom. The van der Waals surface area contributed by atoms with Crippen molar-refractivity contribution in [2.75, 3.05) is 19.5 Å². The van der Waals surface area contributed by atoms with Gasteiger partial charge in [0.25, 0.3) is 0 Å². The van der Waals surface area contributed by atoms with Crippen molar-refractivity contribution in [2.45, 2.75) is 12.2 Å². The number of nitrogens with zero attached hydrogens (tertiary/aromatic N) is 1. The van der Waals surface area contributed by atoms with Crippen molar-refractivity contribution in [3.8, 4) is 0 Å². The maximum atomic E-state index is 13.7. The average Bonchev–Trinajstić information content (AvgIpc) is 3.12. The molecule has 0 fully saturated rings. The largest absolute Gasteiger partial charge is 0.464 e. The maximum absolute atomic E-state index is 13.7. The van der Waals surface area contributed by atoms with Gasteiger partial charge in [-0.1, -0.05) is 72.4 Å². The minimum absolute atomic E-state index is 0.0603. The Hall–Kier alpha value is -3.78. The lowest BCUT2D eigenvalue weighted by atomic mass is 10.1. The zero-order valence-electron chi connectivity index (χ0n) is 18.1. The van der Waals surface area contributed by atoms with Crippen molar-refractivity contribution in [1.82, 2.24) is 4.57 Å². The maximum Gasteiger partial charge on any atom is 0.357 e. The highest BCUT2D eigenvalue weighted by atomic mass is 32.2. The third kappa shape index (κ3) is 4.05. The fourth-order valence-corrected chi connectivity index (χ4v) is 4.94. The molecule has 0 spiro atoms. The summed E-state index contributed by atoms with van der Waals surface area (Å²) in [5.41, 5.74) is 7.85. The Balaban J connectivity index is 2.11. The second kappa shape index (κ2) is 9.38. The van der Waals surface area contributed by atoms with Crippen LogP contribution in [0, 0.1) is 0 Å². The zero-order valence-corrected chi connectivity index (χ0v) is 18.9. The first-order valence-electron chi connectivity index (χ1n) is 10.3. The lowest BCUT2D eigenvalue weighted by Crippen LogP contribution is -2.42. The Morgan fingerprint density at radius 1 is 1.06 bits per heavy atom. The molecular formula is C25H22N2O5S. The van der Waals surface area contributed by atoms with Crippen LogP contribution in [-0.4, -0.2) is 36.1 Å². The molecule has 2 N–H and O–H groups in total. The van der Waals surface area contributed by atoms with Crippen molar-refractivity contribution in [2.24, 2.45) is 0 Å². The predicted molar refractivity (Wildman–Crippen MR) is 127 cm³/mol. The molecule has 0 aliphatic carbocycles. The third-order valence-electron chi connectivity index (χ3n) is 5.20. The Bertz CT molecular complexity index is 1350. The van der Waals surface area contributed by atoms with Crippen molar-refractivity contribution >= 4 is 46.3 Å². The molecule has 4 rings (SSSR count). The molecule has 3 aromatic rings. The highest BCUT2D eigenvalue weighted by Gasteiger charge is 2.38. The fraction of sp³-hybridized carbons (Fsp3) is 0.160. The highest BCUT2D eigenvalue weighted by Crippen LogP contribution is 2.39. The molecule has 1 aliphatic rings.